The van der Waals surface area contributed by atoms with Crippen LogP contribution in [0.4, 0.5) is 0 Å². The molecule has 2 heteroatoms. The zero-order valence-corrected chi connectivity index (χ0v) is 7.90. The monoisotopic (exact) mass is 180 g/mol. The van der Waals surface area contributed by atoms with Gasteiger partial charge in [0.25, 0.3) is 0 Å². The molecular weight excluding hydrogens is 164 g/mol. The van der Waals surface area contributed by atoms with Gasteiger partial charge in [-0.2, -0.15) is 0 Å². The molecule has 0 unspecified atom stereocenters. The summed E-state index contributed by atoms with van der Waals surface area (Å²) in [5.74, 6) is -0.0268. The van der Waals surface area contributed by atoms with Crippen molar-refractivity contribution in [1.29, 1.82) is 0 Å². The molecule has 0 aromatic heterocycles. The minimum atomic E-state index is -0.0268. The number of benzene rings is 1. The molecule has 1 aromatic rings. The van der Waals surface area contributed by atoms with Gasteiger partial charge in [0, 0.05) is 19.1 Å². The van der Waals surface area contributed by atoms with Crippen LogP contribution in [0.1, 0.15) is 11.1 Å². The Bertz CT molecular complexity index is 254. The predicted octanol–water partition coefficient (Wildman–Crippen LogP) is 1.14. The van der Waals surface area contributed by atoms with Crippen LogP contribution in [0.15, 0.2) is 24.3 Å². The fourth-order valence-corrected chi connectivity index (χ4v) is 1.34. The first-order valence-corrected chi connectivity index (χ1v) is 4.54. The van der Waals surface area contributed by atoms with Crippen molar-refractivity contribution in [2.75, 3.05) is 13.2 Å². The molecule has 13 heavy (non-hydrogen) atoms. The molecule has 0 saturated heterocycles. The zero-order valence-electron chi connectivity index (χ0n) is 7.90. The van der Waals surface area contributed by atoms with Gasteiger partial charge >= 0.3 is 0 Å². The summed E-state index contributed by atoms with van der Waals surface area (Å²) in [7, 11) is 0. The van der Waals surface area contributed by atoms with Crippen LogP contribution < -0.4 is 0 Å². The molecule has 2 nitrogen and oxygen atoms in total. The van der Waals surface area contributed by atoms with E-state index in [9.17, 15) is 0 Å². The van der Waals surface area contributed by atoms with Crippen molar-refractivity contribution < 1.29 is 10.2 Å². The molecule has 1 aromatic carbocycles. The quantitative estimate of drug-likeness (QED) is 0.729. The van der Waals surface area contributed by atoms with Gasteiger partial charge < -0.3 is 10.2 Å². The first kappa shape index (κ1) is 10.2. The van der Waals surface area contributed by atoms with Crippen LogP contribution in [0.5, 0.6) is 0 Å². The van der Waals surface area contributed by atoms with Gasteiger partial charge in [0.2, 0.25) is 0 Å². The van der Waals surface area contributed by atoms with E-state index in [1.807, 2.05) is 31.2 Å². The summed E-state index contributed by atoms with van der Waals surface area (Å²) < 4.78 is 0. The third-order valence-corrected chi connectivity index (χ3v) is 2.29. The Morgan fingerprint density at radius 2 is 1.77 bits per heavy atom. The number of hydrogen-bond acceptors (Lipinski definition) is 2. The molecule has 0 amide bonds. The lowest BCUT2D eigenvalue weighted by molar-refractivity contribution is 0.150. The van der Waals surface area contributed by atoms with Crippen LogP contribution in [0, 0.1) is 12.8 Å². The van der Waals surface area contributed by atoms with E-state index >= 15 is 0 Å². The average molecular weight is 180 g/mol. The minimum absolute atomic E-state index is 0.0268. The van der Waals surface area contributed by atoms with Crippen molar-refractivity contribution in [3.63, 3.8) is 0 Å². The maximum Gasteiger partial charge on any atom is 0.0484 e. The summed E-state index contributed by atoms with van der Waals surface area (Å²) in [4.78, 5) is 0. The molecule has 0 bridgehead atoms. The summed E-state index contributed by atoms with van der Waals surface area (Å²) >= 11 is 0. The molecule has 1 rings (SSSR count). The Kier molecular flexibility index (Phi) is 3.93. The molecule has 0 atom stereocenters. The Balaban J connectivity index is 2.67. The Morgan fingerprint density at radius 1 is 1.15 bits per heavy atom. The molecule has 0 fully saturated rings. The van der Waals surface area contributed by atoms with Crippen LogP contribution in [0.2, 0.25) is 0 Å². The van der Waals surface area contributed by atoms with Crippen molar-refractivity contribution in [1.82, 2.24) is 0 Å². The molecule has 0 heterocycles. The maximum absolute atomic E-state index is 8.92. The molecule has 0 spiro atoms. The number of aryl methyl sites for hydroxylation is 1. The highest BCUT2D eigenvalue weighted by Crippen LogP contribution is 2.12. The summed E-state index contributed by atoms with van der Waals surface area (Å²) in [6.45, 7) is 2.14. The van der Waals surface area contributed by atoms with Crippen molar-refractivity contribution >= 4 is 0 Å². The van der Waals surface area contributed by atoms with Gasteiger partial charge in [-0.15, -0.1) is 0 Å². The maximum atomic E-state index is 8.92. The summed E-state index contributed by atoms with van der Waals surface area (Å²) in [6.07, 6.45) is 0.750. The fraction of sp³-hybridized carbons (Fsp3) is 0.455. The average Bonchev–Trinajstić information content (AvgIpc) is 2.17. The lowest BCUT2D eigenvalue weighted by Gasteiger charge is -2.12. The first-order chi connectivity index (χ1) is 6.27. The molecular formula is C11H16O2. The van der Waals surface area contributed by atoms with Crippen molar-refractivity contribution in [3.05, 3.63) is 35.4 Å². The van der Waals surface area contributed by atoms with Gasteiger partial charge in [0.05, 0.1) is 0 Å². The molecule has 0 saturated carbocycles. The summed E-state index contributed by atoms with van der Waals surface area (Å²) in [5, 5.41) is 17.8. The minimum Gasteiger partial charge on any atom is -0.396 e. The lowest BCUT2D eigenvalue weighted by Crippen LogP contribution is -2.14. The standard InChI is InChI=1S/C11H16O2/c1-9-4-2-3-5-11(9)6-10(7-12)8-13/h2-5,10,12-13H,6-8H2,1H3. The van der Waals surface area contributed by atoms with Gasteiger partial charge in [-0.05, 0) is 24.5 Å². The van der Waals surface area contributed by atoms with Gasteiger partial charge in [0.1, 0.15) is 0 Å². The normalized spacial score (nSPS) is 10.8. The van der Waals surface area contributed by atoms with E-state index in [4.69, 9.17) is 10.2 Å². The Labute approximate surface area is 78.8 Å². The van der Waals surface area contributed by atoms with Gasteiger partial charge in [-0.25, -0.2) is 0 Å². The Hall–Kier alpha value is -0.860. The van der Waals surface area contributed by atoms with E-state index in [0.717, 1.165) is 6.42 Å². The van der Waals surface area contributed by atoms with E-state index in [0.29, 0.717) is 0 Å². The van der Waals surface area contributed by atoms with E-state index in [1.165, 1.54) is 11.1 Å². The molecule has 2 N–H and O–H groups in total. The second-order valence-corrected chi connectivity index (χ2v) is 3.36. The van der Waals surface area contributed by atoms with Crippen LogP contribution in [-0.2, 0) is 6.42 Å². The Morgan fingerprint density at radius 3 is 2.31 bits per heavy atom. The van der Waals surface area contributed by atoms with Gasteiger partial charge in [-0.3, -0.25) is 0 Å². The predicted molar refractivity (Wildman–Crippen MR) is 52.5 cm³/mol. The number of rotatable bonds is 4. The second-order valence-electron chi connectivity index (χ2n) is 3.36. The summed E-state index contributed by atoms with van der Waals surface area (Å²) in [5.41, 5.74) is 2.42. The molecule has 0 aliphatic carbocycles. The lowest BCUT2D eigenvalue weighted by atomic mass is 9.97. The molecule has 0 aliphatic heterocycles. The van der Waals surface area contributed by atoms with Crippen LogP contribution >= 0.6 is 0 Å². The smallest absolute Gasteiger partial charge is 0.0484 e. The SMILES string of the molecule is Cc1ccccc1CC(CO)CO. The second kappa shape index (κ2) is 5.00. The van der Waals surface area contributed by atoms with Crippen LogP contribution in [0.3, 0.4) is 0 Å². The third kappa shape index (κ3) is 2.83. The van der Waals surface area contributed by atoms with Crippen LogP contribution in [0.25, 0.3) is 0 Å². The van der Waals surface area contributed by atoms with Crippen molar-refractivity contribution in [3.8, 4) is 0 Å². The van der Waals surface area contributed by atoms with E-state index < -0.39 is 0 Å². The third-order valence-electron chi connectivity index (χ3n) is 2.29. The van der Waals surface area contributed by atoms with Gasteiger partial charge in [0.15, 0.2) is 0 Å². The van der Waals surface area contributed by atoms with Gasteiger partial charge in [-0.1, -0.05) is 24.3 Å². The first-order valence-electron chi connectivity index (χ1n) is 4.54. The van der Waals surface area contributed by atoms with Crippen molar-refractivity contribution in [2.24, 2.45) is 5.92 Å². The number of aliphatic hydroxyl groups excluding tert-OH is 2. The van der Waals surface area contributed by atoms with Crippen molar-refractivity contribution in [2.45, 2.75) is 13.3 Å². The highest BCUT2D eigenvalue weighted by atomic mass is 16.3. The topological polar surface area (TPSA) is 40.5 Å². The zero-order chi connectivity index (χ0) is 9.68. The molecule has 72 valence electrons. The number of hydrogen-bond donors (Lipinski definition) is 2. The molecule has 0 radical (unpaired) electrons. The van der Waals surface area contributed by atoms with E-state index in [1.54, 1.807) is 0 Å². The van der Waals surface area contributed by atoms with E-state index in [-0.39, 0.29) is 19.1 Å². The highest BCUT2D eigenvalue weighted by molar-refractivity contribution is 5.25. The molecule has 0 aliphatic rings. The largest absolute Gasteiger partial charge is 0.396 e. The fourth-order valence-electron chi connectivity index (χ4n) is 1.34. The highest BCUT2D eigenvalue weighted by Gasteiger charge is 2.07. The van der Waals surface area contributed by atoms with E-state index in [2.05, 4.69) is 0 Å². The van der Waals surface area contributed by atoms with Crippen LogP contribution in [-0.4, -0.2) is 23.4 Å². The summed E-state index contributed by atoms with van der Waals surface area (Å²) in [6, 6.07) is 8.05. The number of aliphatic hydroxyl groups is 2.